The number of para-hydroxylation sites is 1. The molecule has 0 saturated heterocycles. The predicted molar refractivity (Wildman–Crippen MR) is 71.2 cm³/mol. The molecule has 0 spiro atoms. The molecule has 3 aromatic rings. The Morgan fingerprint density at radius 2 is 1.86 bits per heavy atom. The van der Waals surface area contributed by atoms with Crippen LogP contribution in [0.4, 0.5) is 17.6 Å². The summed E-state index contributed by atoms with van der Waals surface area (Å²) < 4.78 is 51.5. The fourth-order valence-corrected chi connectivity index (χ4v) is 2.20. The average Bonchev–Trinajstić information content (AvgIpc) is 2.83. The molecule has 0 aliphatic rings. The molecule has 0 atom stereocenters. The molecule has 1 N–H and O–H groups in total. The van der Waals surface area contributed by atoms with Crippen molar-refractivity contribution in [3.8, 4) is 11.4 Å². The lowest BCUT2D eigenvalue weighted by atomic mass is 10.1. The van der Waals surface area contributed by atoms with E-state index in [4.69, 9.17) is 0 Å². The van der Waals surface area contributed by atoms with E-state index in [2.05, 4.69) is 9.97 Å². The molecule has 1 aromatic heterocycles. The highest BCUT2D eigenvalue weighted by molar-refractivity contribution is 5.82. The maximum Gasteiger partial charge on any atom is 0.419 e. The Hall–Kier alpha value is -2.37. The third-order valence-corrected chi connectivity index (χ3v) is 3.26. The van der Waals surface area contributed by atoms with Crippen LogP contribution in [-0.4, -0.2) is 9.97 Å². The first-order valence-corrected chi connectivity index (χ1v) is 6.19. The van der Waals surface area contributed by atoms with E-state index in [1.807, 2.05) is 19.1 Å². The molecule has 0 aliphatic heterocycles. The van der Waals surface area contributed by atoms with Crippen LogP contribution in [0.5, 0.6) is 0 Å². The summed E-state index contributed by atoms with van der Waals surface area (Å²) in [6.07, 6.45) is -4.73. The second-order valence-electron chi connectivity index (χ2n) is 4.75. The molecule has 2 nitrogen and oxygen atoms in total. The summed E-state index contributed by atoms with van der Waals surface area (Å²) in [5, 5.41) is 0. The number of alkyl halides is 3. The first-order chi connectivity index (χ1) is 9.86. The summed E-state index contributed by atoms with van der Waals surface area (Å²) in [4.78, 5) is 7.24. The molecule has 0 bridgehead atoms. The van der Waals surface area contributed by atoms with Gasteiger partial charge in [0.05, 0.1) is 16.6 Å². The van der Waals surface area contributed by atoms with E-state index >= 15 is 0 Å². The standard InChI is InChI=1S/C15H10F4N2/c1-8-3-2-4-12-13(8)21-14(20-12)9-5-6-11(16)10(7-9)15(17,18)19/h2-7H,1H3,(H,20,21). The molecule has 3 rings (SSSR count). The number of rotatable bonds is 1. The fourth-order valence-electron chi connectivity index (χ4n) is 2.20. The highest BCUT2D eigenvalue weighted by atomic mass is 19.4. The van der Waals surface area contributed by atoms with Crippen LogP contribution in [0.15, 0.2) is 36.4 Å². The molecule has 0 aliphatic carbocycles. The van der Waals surface area contributed by atoms with E-state index in [0.29, 0.717) is 5.52 Å². The van der Waals surface area contributed by atoms with E-state index in [1.54, 1.807) is 6.07 Å². The van der Waals surface area contributed by atoms with Gasteiger partial charge in [0, 0.05) is 5.56 Å². The van der Waals surface area contributed by atoms with Gasteiger partial charge < -0.3 is 4.98 Å². The van der Waals surface area contributed by atoms with Gasteiger partial charge in [-0.25, -0.2) is 9.37 Å². The zero-order valence-corrected chi connectivity index (χ0v) is 10.9. The number of aryl methyl sites for hydroxylation is 1. The average molecular weight is 294 g/mol. The lowest BCUT2D eigenvalue weighted by Gasteiger charge is -2.08. The van der Waals surface area contributed by atoms with Crippen LogP contribution in [-0.2, 0) is 6.18 Å². The molecule has 0 fully saturated rings. The molecule has 21 heavy (non-hydrogen) atoms. The van der Waals surface area contributed by atoms with Crippen molar-refractivity contribution in [2.75, 3.05) is 0 Å². The van der Waals surface area contributed by atoms with Crippen LogP contribution in [0.2, 0.25) is 0 Å². The van der Waals surface area contributed by atoms with Crippen LogP contribution >= 0.6 is 0 Å². The van der Waals surface area contributed by atoms with Gasteiger partial charge in [0.1, 0.15) is 11.6 Å². The third kappa shape index (κ3) is 2.37. The van der Waals surface area contributed by atoms with Crippen molar-refractivity contribution in [3.63, 3.8) is 0 Å². The smallest absolute Gasteiger partial charge is 0.338 e. The number of aromatic nitrogens is 2. The maximum atomic E-state index is 13.3. The van der Waals surface area contributed by atoms with Gasteiger partial charge in [-0.2, -0.15) is 13.2 Å². The van der Waals surface area contributed by atoms with Crippen LogP contribution in [0.25, 0.3) is 22.4 Å². The van der Waals surface area contributed by atoms with Crippen molar-refractivity contribution >= 4 is 11.0 Å². The minimum Gasteiger partial charge on any atom is -0.338 e. The Bertz CT molecular complexity index is 818. The highest BCUT2D eigenvalue weighted by Gasteiger charge is 2.34. The zero-order valence-electron chi connectivity index (χ0n) is 10.9. The van der Waals surface area contributed by atoms with Gasteiger partial charge in [-0.3, -0.25) is 0 Å². The number of halogens is 4. The topological polar surface area (TPSA) is 28.7 Å². The van der Waals surface area contributed by atoms with E-state index < -0.39 is 17.6 Å². The summed E-state index contributed by atoms with van der Waals surface area (Å²) in [6.45, 7) is 1.86. The van der Waals surface area contributed by atoms with Gasteiger partial charge in [0.25, 0.3) is 0 Å². The summed E-state index contributed by atoms with van der Waals surface area (Å²) in [6, 6.07) is 8.31. The van der Waals surface area contributed by atoms with Gasteiger partial charge in [-0.1, -0.05) is 12.1 Å². The number of hydrogen-bond donors (Lipinski definition) is 1. The number of imidazole rings is 1. The molecule has 6 heteroatoms. The van der Waals surface area contributed by atoms with Gasteiger partial charge in [-0.15, -0.1) is 0 Å². The first-order valence-electron chi connectivity index (χ1n) is 6.19. The number of benzene rings is 2. The van der Waals surface area contributed by atoms with Gasteiger partial charge in [0.2, 0.25) is 0 Å². The van der Waals surface area contributed by atoms with Gasteiger partial charge in [0.15, 0.2) is 0 Å². The normalized spacial score (nSPS) is 12.0. The van der Waals surface area contributed by atoms with Crippen molar-refractivity contribution in [1.29, 1.82) is 0 Å². The lowest BCUT2D eigenvalue weighted by molar-refractivity contribution is -0.139. The van der Waals surface area contributed by atoms with Crippen molar-refractivity contribution < 1.29 is 17.6 Å². The van der Waals surface area contributed by atoms with Crippen LogP contribution in [0.1, 0.15) is 11.1 Å². The molecule has 0 amide bonds. The fraction of sp³-hybridized carbons (Fsp3) is 0.133. The zero-order chi connectivity index (χ0) is 15.2. The Morgan fingerprint density at radius 1 is 1.10 bits per heavy atom. The number of H-pyrrole nitrogens is 1. The summed E-state index contributed by atoms with van der Waals surface area (Å²) >= 11 is 0. The molecule has 1 heterocycles. The largest absolute Gasteiger partial charge is 0.419 e. The number of fused-ring (bicyclic) bond motifs is 1. The van der Waals surface area contributed by atoms with Crippen LogP contribution in [0.3, 0.4) is 0 Å². The number of nitrogens with zero attached hydrogens (tertiary/aromatic N) is 1. The molecular formula is C15H10F4N2. The summed E-state index contributed by atoms with van der Waals surface area (Å²) in [7, 11) is 0. The molecule has 2 aromatic carbocycles. The predicted octanol–water partition coefficient (Wildman–Crippen LogP) is 4.70. The maximum absolute atomic E-state index is 13.3. The van der Waals surface area contributed by atoms with Crippen molar-refractivity contribution in [2.45, 2.75) is 13.1 Å². The molecule has 108 valence electrons. The third-order valence-electron chi connectivity index (χ3n) is 3.26. The number of nitrogens with one attached hydrogen (secondary N) is 1. The molecular weight excluding hydrogens is 284 g/mol. The van der Waals surface area contributed by atoms with Crippen LogP contribution in [0, 0.1) is 12.7 Å². The molecule has 0 saturated carbocycles. The van der Waals surface area contributed by atoms with Gasteiger partial charge >= 0.3 is 6.18 Å². The van der Waals surface area contributed by atoms with Crippen molar-refractivity contribution in [3.05, 3.63) is 53.3 Å². The number of hydrogen-bond acceptors (Lipinski definition) is 1. The Labute approximate surface area is 117 Å². The van der Waals surface area contributed by atoms with E-state index in [0.717, 1.165) is 23.2 Å². The minimum atomic E-state index is -4.73. The van der Waals surface area contributed by atoms with Crippen molar-refractivity contribution in [1.82, 2.24) is 9.97 Å². The van der Waals surface area contributed by atoms with Crippen molar-refractivity contribution in [2.24, 2.45) is 0 Å². The Morgan fingerprint density at radius 3 is 2.52 bits per heavy atom. The lowest BCUT2D eigenvalue weighted by Crippen LogP contribution is -2.08. The molecule has 0 radical (unpaired) electrons. The molecule has 0 unspecified atom stereocenters. The SMILES string of the molecule is Cc1cccc2[nH]c(-c3ccc(F)c(C(F)(F)F)c3)nc12. The van der Waals surface area contributed by atoms with E-state index in [-0.39, 0.29) is 11.4 Å². The van der Waals surface area contributed by atoms with Gasteiger partial charge in [-0.05, 0) is 36.8 Å². The number of aromatic amines is 1. The van der Waals surface area contributed by atoms with E-state index in [1.165, 1.54) is 6.07 Å². The second kappa shape index (κ2) is 4.58. The monoisotopic (exact) mass is 294 g/mol. The minimum absolute atomic E-state index is 0.194. The quantitative estimate of drug-likeness (QED) is 0.648. The second-order valence-corrected chi connectivity index (χ2v) is 4.75. The summed E-state index contributed by atoms with van der Waals surface area (Å²) in [5.74, 6) is -1.01. The highest BCUT2D eigenvalue weighted by Crippen LogP contribution is 2.34. The van der Waals surface area contributed by atoms with Crippen LogP contribution < -0.4 is 0 Å². The first kappa shape index (κ1) is 13.6. The van der Waals surface area contributed by atoms with E-state index in [9.17, 15) is 17.6 Å². The Balaban J connectivity index is 2.17. The summed E-state index contributed by atoms with van der Waals surface area (Å²) in [5.41, 5.74) is 1.22. The Kier molecular flexibility index (Phi) is 2.97.